The van der Waals surface area contributed by atoms with Gasteiger partial charge in [-0.05, 0) is 39.5 Å². The quantitative estimate of drug-likeness (QED) is 0.868. The lowest BCUT2D eigenvalue weighted by Gasteiger charge is -2.33. The van der Waals surface area contributed by atoms with E-state index in [0.717, 1.165) is 12.5 Å². The Hall–Kier alpha value is -0.830. The van der Waals surface area contributed by atoms with Crippen LogP contribution in [-0.2, 0) is 5.54 Å². The molecule has 0 unspecified atom stereocenters. The molecule has 1 atom stereocenters. The van der Waals surface area contributed by atoms with Gasteiger partial charge in [-0.2, -0.15) is 0 Å². The molecule has 0 radical (unpaired) electrons. The fourth-order valence-electron chi connectivity index (χ4n) is 2.92. The number of aromatic nitrogens is 2. The summed E-state index contributed by atoms with van der Waals surface area (Å²) in [6, 6.07) is 0.632. The predicted molar refractivity (Wildman–Crippen MR) is 75.6 cm³/mol. The maximum Gasteiger partial charge on any atom is 0.0951 e. The first-order chi connectivity index (χ1) is 8.59. The first kappa shape index (κ1) is 13.6. The van der Waals surface area contributed by atoms with Crippen molar-refractivity contribution in [1.29, 1.82) is 0 Å². The molecule has 0 bridgehead atoms. The van der Waals surface area contributed by atoms with Crippen LogP contribution in [0, 0.1) is 5.92 Å². The van der Waals surface area contributed by atoms with Gasteiger partial charge in [-0.3, -0.25) is 0 Å². The van der Waals surface area contributed by atoms with Crippen LogP contribution in [0.5, 0.6) is 0 Å². The van der Waals surface area contributed by atoms with Crippen LogP contribution in [0.1, 0.15) is 52.9 Å². The number of nitrogens with one attached hydrogen (secondary N) is 1. The molecule has 3 heteroatoms. The van der Waals surface area contributed by atoms with Gasteiger partial charge in [-0.25, -0.2) is 4.98 Å². The standard InChI is InChI=1S/C15H27N3/c1-13(14-7-5-4-6-8-14)17-11-15(2,3)18-10-9-16-12-18/h9-10,12-14,17H,4-8,11H2,1-3H3/t13-/m1/s1. The molecule has 1 aliphatic rings. The lowest BCUT2D eigenvalue weighted by Crippen LogP contribution is -2.44. The Balaban J connectivity index is 1.83. The molecular weight excluding hydrogens is 222 g/mol. The van der Waals surface area contributed by atoms with Crippen molar-refractivity contribution < 1.29 is 0 Å². The molecule has 0 spiro atoms. The summed E-state index contributed by atoms with van der Waals surface area (Å²) in [5, 5.41) is 3.73. The highest BCUT2D eigenvalue weighted by Crippen LogP contribution is 2.26. The summed E-state index contributed by atoms with van der Waals surface area (Å²) in [6.07, 6.45) is 12.9. The largest absolute Gasteiger partial charge is 0.331 e. The van der Waals surface area contributed by atoms with Gasteiger partial charge in [0.2, 0.25) is 0 Å². The van der Waals surface area contributed by atoms with Crippen LogP contribution in [0.15, 0.2) is 18.7 Å². The highest BCUT2D eigenvalue weighted by Gasteiger charge is 2.24. The van der Waals surface area contributed by atoms with E-state index >= 15 is 0 Å². The Morgan fingerprint density at radius 1 is 1.33 bits per heavy atom. The Morgan fingerprint density at radius 3 is 2.67 bits per heavy atom. The van der Waals surface area contributed by atoms with Crippen LogP contribution in [0.25, 0.3) is 0 Å². The van der Waals surface area contributed by atoms with E-state index < -0.39 is 0 Å². The van der Waals surface area contributed by atoms with Crippen molar-refractivity contribution in [2.24, 2.45) is 5.92 Å². The average molecular weight is 249 g/mol. The van der Waals surface area contributed by atoms with Crippen LogP contribution < -0.4 is 5.32 Å². The minimum absolute atomic E-state index is 0.0967. The number of hydrogen-bond donors (Lipinski definition) is 1. The summed E-state index contributed by atoms with van der Waals surface area (Å²) in [5.41, 5.74) is 0.0967. The minimum Gasteiger partial charge on any atom is -0.331 e. The fraction of sp³-hybridized carbons (Fsp3) is 0.800. The van der Waals surface area contributed by atoms with Crippen LogP contribution >= 0.6 is 0 Å². The molecule has 0 aliphatic heterocycles. The van der Waals surface area contributed by atoms with Crippen molar-refractivity contribution in [3.8, 4) is 0 Å². The van der Waals surface area contributed by atoms with E-state index in [1.165, 1.54) is 32.1 Å². The van der Waals surface area contributed by atoms with Crippen molar-refractivity contribution in [2.45, 2.75) is 64.5 Å². The highest BCUT2D eigenvalue weighted by atomic mass is 15.1. The lowest BCUT2D eigenvalue weighted by molar-refractivity contribution is 0.247. The predicted octanol–water partition coefficient (Wildman–Crippen LogP) is 3.18. The summed E-state index contributed by atoms with van der Waals surface area (Å²) in [4.78, 5) is 4.14. The summed E-state index contributed by atoms with van der Waals surface area (Å²) in [5.74, 6) is 0.873. The van der Waals surface area contributed by atoms with Gasteiger partial charge in [-0.1, -0.05) is 19.3 Å². The number of nitrogens with zero attached hydrogens (tertiary/aromatic N) is 2. The Bertz CT molecular complexity index is 337. The summed E-state index contributed by atoms with van der Waals surface area (Å²) in [7, 11) is 0. The van der Waals surface area contributed by atoms with E-state index in [-0.39, 0.29) is 5.54 Å². The molecule has 2 rings (SSSR count). The van der Waals surface area contributed by atoms with Gasteiger partial charge in [-0.15, -0.1) is 0 Å². The van der Waals surface area contributed by atoms with Gasteiger partial charge >= 0.3 is 0 Å². The van der Waals surface area contributed by atoms with E-state index in [1.54, 1.807) is 0 Å². The third-order valence-corrected chi connectivity index (χ3v) is 4.42. The topological polar surface area (TPSA) is 29.9 Å². The number of imidazole rings is 1. The zero-order valence-corrected chi connectivity index (χ0v) is 12.0. The second kappa shape index (κ2) is 5.87. The van der Waals surface area contributed by atoms with Crippen molar-refractivity contribution in [3.63, 3.8) is 0 Å². The molecule has 0 amide bonds. The van der Waals surface area contributed by atoms with E-state index in [4.69, 9.17) is 0 Å². The fourth-order valence-corrected chi connectivity index (χ4v) is 2.92. The molecule has 1 saturated carbocycles. The van der Waals surface area contributed by atoms with Crippen molar-refractivity contribution in [3.05, 3.63) is 18.7 Å². The molecule has 1 aromatic rings. The molecule has 1 aromatic heterocycles. The average Bonchev–Trinajstić information content (AvgIpc) is 2.92. The van der Waals surface area contributed by atoms with E-state index in [0.29, 0.717) is 6.04 Å². The van der Waals surface area contributed by atoms with E-state index in [9.17, 15) is 0 Å². The smallest absolute Gasteiger partial charge is 0.0951 e. The molecule has 0 aromatic carbocycles. The lowest BCUT2D eigenvalue weighted by atomic mass is 9.84. The first-order valence-electron chi connectivity index (χ1n) is 7.31. The van der Waals surface area contributed by atoms with Gasteiger partial charge in [0, 0.05) is 25.0 Å². The number of rotatable bonds is 5. The van der Waals surface area contributed by atoms with E-state index in [1.807, 2.05) is 18.7 Å². The third-order valence-electron chi connectivity index (χ3n) is 4.42. The zero-order chi connectivity index (χ0) is 13.0. The summed E-state index contributed by atoms with van der Waals surface area (Å²) < 4.78 is 2.19. The monoisotopic (exact) mass is 249 g/mol. The van der Waals surface area contributed by atoms with Crippen LogP contribution in [0.3, 0.4) is 0 Å². The third kappa shape index (κ3) is 3.35. The normalized spacial score (nSPS) is 19.9. The van der Waals surface area contributed by atoms with Crippen molar-refractivity contribution >= 4 is 0 Å². The highest BCUT2D eigenvalue weighted by molar-refractivity contribution is 4.88. The molecule has 1 N–H and O–H groups in total. The Kier molecular flexibility index (Phi) is 4.44. The zero-order valence-electron chi connectivity index (χ0n) is 12.0. The van der Waals surface area contributed by atoms with Crippen molar-refractivity contribution in [2.75, 3.05) is 6.54 Å². The van der Waals surface area contributed by atoms with Gasteiger partial charge in [0.05, 0.1) is 11.9 Å². The summed E-state index contributed by atoms with van der Waals surface area (Å²) in [6.45, 7) is 7.87. The molecule has 1 aliphatic carbocycles. The molecule has 102 valence electrons. The summed E-state index contributed by atoms with van der Waals surface area (Å²) >= 11 is 0. The van der Waals surface area contributed by atoms with Crippen LogP contribution in [0.4, 0.5) is 0 Å². The second-order valence-electron chi connectivity index (χ2n) is 6.35. The Labute approximate surface area is 111 Å². The molecule has 3 nitrogen and oxygen atoms in total. The van der Waals surface area contributed by atoms with Crippen LogP contribution in [0.2, 0.25) is 0 Å². The first-order valence-corrected chi connectivity index (χ1v) is 7.31. The van der Waals surface area contributed by atoms with Gasteiger partial charge in [0.1, 0.15) is 0 Å². The van der Waals surface area contributed by atoms with E-state index in [2.05, 4.69) is 35.6 Å². The Morgan fingerprint density at radius 2 is 2.06 bits per heavy atom. The van der Waals surface area contributed by atoms with Crippen molar-refractivity contribution in [1.82, 2.24) is 14.9 Å². The second-order valence-corrected chi connectivity index (χ2v) is 6.35. The maximum absolute atomic E-state index is 4.14. The maximum atomic E-state index is 4.14. The SMILES string of the molecule is C[C@@H](NCC(C)(C)n1ccnc1)C1CCCCC1. The van der Waals surface area contributed by atoms with Gasteiger partial charge in [0.25, 0.3) is 0 Å². The number of hydrogen-bond acceptors (Lipinski definition) is 2. The van der Waals surface area contributed by atoms with Crippen LogP contribution in [-0.4, -0.2) is 22.1 Å². The minimum atomic E-state index is 0.0967. The van der Waals surface area contributed by atoms with Gasteiger partial charge in [0.15, 0.2) is 0 Å². The molecule has 1 fully saturated rings. The molecule has 1 heterocycles. The molecular formula is C15H27N3. The molecule has 0 saturated heterocycles. The molecule has 18 heavy (non-hydrogen) atoms. The van der Waals surface area contributed by atoms with Gasteiger partial charge < -0.3 is 9.88 Å².